The lowest BCUT2D eigenvalue weighted by atomic mass is 10.2. The average molecular weight is 209 g/mol. The number of carbonyl (C=O) groups is 1. The van der Waals surface area contributed by atoms with Gasteiger partial charge in [-0.25, -0.2) is 4.79 Å². The Labute approximate surface area is 88.9 Å². The molecule has 4 nitrogen and oxygen atoms in total. The number of carbonyl (C=O) groups excluding carboxylic acids is 1. The van der Waals surface area contributed by atoms with Crippen LogP contribution in [0, 0.1) is 0 Å². The molecule has 4 heteroatoms. The zero-order chi connectivity index (χ0) is 10.9. The summed E-state index contributed by atoms with van der Waals surface area (Å²) in [6.45, 7) is 1.47. The molecule has 2 N–H and O–H groups in total. The molecular weight excluding hydrogens is 194 g/mol. The fraction of sp³-hybridized carbons (Fsp3) is 0.364. The molecule has 0 heterocycles. The van der Waals surface area contributed by atoms with E-state index in [9.17, 15) is 4.79 Å². The third-order valence-electron chi connectivity index (χ3n) is 1.81. The predicted octanol–water partition coefficient (Wildman–Crippen LogP) is 0.425. The molecule has 1 aromatic carbocycles. The summed E-state index contributed by atoms with van der Waals surface area (Å²) in [5, 5.41) is 11.4. The van der Waals surface area contributed by atoms with Crippen LogP contribution in [-0.4, -0.2) is 37.4 Å². The van der Waals surface area contributed by atoms with Gasteiger partial charge in [0.2, 0.25) is 0 Å². The largest absolute Gasteiger partial charge is 0.461 e. The fourth-order valence-corrected chi connectivity index (χ4v) is 1.08. The molecule has 0 radical (unpaired) electrons. The van der Waals surface area contributed by atoms with E-state index in [0.717, 1.165) is 0 Å². The van der Waals surface area contributed by atoms with Crippen LogP contribution in [0.2, 0.25) is 0 Å². The van der Waals surface area contributed by atoms with Crippen LogP contribution in [0.25, 0.3) is 0 Å². The lowest BCUT2D eigenvalue weighted by Crippen LogP contribution is -2.24. The Balaban J connectivity index is 2.20. The molecule has 0 saturated heterocycles. The summed E-state index contributed by atoms with van der Waals surface area (Å²) >= 11 is 0. The number of esters is 1. The van der Waals surface area contributed by atoms with Crippen molar-refractivity contribution >= 4 is 5.97 Å². The monoisotopic (exact) mass is 209 g/mol. The lowest BCUT2D eigenvalue weighted by Gasteiger charge is -2.05. The number of nitrogens with one attached hydrogen (secondary N) is 1. The van der Waals surface area contributed by atoms with Gasteiger partial charge in [-0.2, -0.15) is 0 Å². The van der Waals surface area contributed by atoms with Gasteiger partial charge in [0, 0.05) is 13.1 Å². The minimum Gasteiger partial charge on any atom is -0.461 e. The minimum absolute atomic E-state index is 0.0899. The van der Waals surface area contributed by atoms with E-state index in [0.29, 0.717) is 25.3 Å². The molecule has 0 bridgehead atoms. The van der Waals surface area contributed by atoms with Crippen molar-refractivity contribution in [2.45, 2.75) is 0 Å². The summed E-state index contributed by atoms with van der Waals surface area (Å²) in [6.07, 6.45) is 0. The Hall–Kier alpha value is -1.39. The predicted molar refractivity (Wildman–Crippen MR) is 56.7 cm³/mol. The van der Waals surface area contributed by atoms with Crippen molar-refractivity contribution in [1.29, 1.82) is 0 Å². The molecule has 0 aromatic heterocycles. The highest BCUT2D eigenvalue weighted by Crippen LogP contribution is 2.00. The second-order valence-corrected chi connectivity index (χ2v) is 2.98. The number of hydrogen-bond acceptors (Lipinski definition) is 4. The second-order valence-electron chi connectivity index (χ2n) is 2.98. The third kappa shape index (κ3) is 4.58. The summed E-state index contributed by atoms with van der Waals surface area (Å²) in [5.74, 6) is -0.318. The molecule has 0 atom stereocenters. The molecule has 0 aliphatic heterocycles. The number of aliphatic hydroxyl groups is 1. The Morgan fingerprint density at radius 2 is 2.00 bits per heavy atom. The van der Waals surface area contributed by atoms with Gasteiger partial charge in [0.1, 0.15) is 6.61 Å². The summed E-state index contributed by atoms with van der Waals surface area (Å²) in [7, 11) is 0. The molecule has 0 spiro atoms. The maximum Gasteiger partial charge on any atom is 0.338 e. The Morgan fingerprint density at radius 1 is 1.27 bits per heavy atom. The van der Waals surface area contributed by atoms with E-state index in [1.54, 1.807) is 24.3 Å². The van der Waals surface area contributed by atoms with Gasteiger partial charge in [-0.3, -0.25) is 0 Å². The van der Waals surface area contributed by atoms with Crippen LogP contribution in [0.3, 0.4) is 0 Å². The van der Waals surface area contributed by atoms with E-state index < -0.39 is 0 Å². The summed E-state index contributed by atoms with van der Waals surface area (Å²) in [4.78, 5) is 11.4. The summed E-state index contributed by atoms with van der Waals surface area (Å²) < 4.78 is 4.99. The highest BCUT2D eigenvalue weighted by Gasteiger charge is 2.04. The van der Waals surface area contributed by atoms with Crippen LogP contribution < -0.4 is 5.32 Å². The van der Waals surface area contributed by atoms with Crippen LogP contribution in [-0.2, 0) is 4.74 Å². The maximum atomic E-state index is 11.4. The first-order valence-corrected chi connectivity index (χ1v) is 4.88. The Morgan fingerprint density at radius 3 is 2.67 bits per heavy atom. The van der Waals surface area contributed by atoms with Crippen molar-refractivity contribution in [3.05, 3.63) is 35.9 Å². The number of ether oxygens (including phenoxy) is 1. The van der Waals surface area contributed by atoms with Crippen molar-refractivity contribution in [3.8, 4) is 0 Å². The van der Waals surface area contributed by atoms with E-state index in [1.165, 1.54) is 0 Å². The third-order valence-corrected chi connectivity index (χ3v) is 1.81. The van der Waals surface area contributed by atoms with Crippen molar-refractivity contribution in [3.63, 3.8) is 0 Å². The van der Waals surface area contributed by atoms with Gasteiger partial charge in [0.25, 0.3) is 0 Å². The van der Waals surface area contributed by atoms with Crippen molar-refractivity contribution in [2.24, 2.45) is 0 Å². The van der Waals surface area contributed by atoms with Crippen molar-refractivity contribution in [1.82, 2.24) is 5.32 Å². The first kappa shape index (κ1) is 11.7. The van der Waals surface area contributed by atoms with Crippen molar-refractivity contribution < 1.29 is 14.6 Å². The number of aliphatic hydroxyl groups excluding tert-OH is 1. The number of benzene rings is 1. The zero-order valence-electron chi connectivity index (χ0n) is 8.48. The maximum absolute atomic E-state index is 11.4. The summed E-state index contributed by atoms with van der Waals surface area (Å²) in [6, 6.07) is 8.85. The molecule has 82 valence electrons. The normalized spacial score (nSPS) is 9.93. The van der Waals surface area contributed by atoms with Crippen LogP contribution in [0.4, 0.5) is 0 Å². The molecule has 0 aliphatic carbocycles. The summed E-state index contributed by atoms with van der Waals surface area (Å²) in [5.41, 5.74) is 0.555. The van der Waals surface area contributed by atoms with Gasteiger partial charge < -0.3 is 15.2 Å². The first-order chi connectivity index (χ1) is 7.34. The van der Waals surface area contributed by atoms with E-state index in [4.69, 9.17) is 9.84 Å². The van der Waals surface area contributed by atoms with Crippen LogP contribution in [0.1, 0.15) is 10.4 Å². The van der Waals surface area contributed by atoms with Gasteiger partial charge in [-0.15, -0.1) is 0 Å². The minimum atomic E-state index is -0.318. The molecule has 1 aromatic rings. The number of hydrogen-bond donors (Lipinski definition) is 2. The molecule has 0 aliphatic rings. The average Bonchev–Trinajstić information content (AvgIpc) is 2.30. The molecule has 1 rings (SSSR count). The van der Waals surface area contributed by atoms with E-state index in [-0.39, 0.29) is 12.6 Å². The molecule has 0 amide bonds. The highest BCUT2D eigenvalue weighted by atomic mass is 16.5. The Bertz CT molecular complexity index is 287. The van der Waals surface area contributed by atoms with Gasteiger partial charge in [0.05, 0.1) is 12.2 Å². The van der Waals surface area contributed by atoms with Gasteiger partial charge in [-0.05, 0) is 12.1 Å². The highest BCUT2D eigenvalue weighted by molar-refractivity contribution is 5.89. The van der Waals surface area contributed by atoms with Crippen LogP contribution in [0.5, 0.6) is 0 Å². The Kier molecular flexibility index (Phi) is 5.43. The molecular formula is C11H15NO3. The lowest BCUT2D eigenvalue weighted by molar-refractivity contribution is 0.0508. The smallest absolute Gasteiger partial charge is 0.338 e. The van der Waals surface area contributed by atoms with Gasteiger partial charge in [-0.1, -0.05) is 18.2 Å². The van der Waals surface area contributed by atoms with E-state index in [1.807, 2.05) is 6.07 Å². The zero-order valence-corrected chi connectivity index (χ0v) is 8.48. The standard InChI is InChI=1S/C11H15NO3/c13-8-6-12-7-9-15-11(14)10-4-2-1-3-5-10/h1-5,12-13H,6-9H2. The fourth-order valence-electron chi connectivity index (χ4n) is 1.08. The second kappa shape index (κ2) is 6.98. The molecule has 15 heavy (non-hydrogen) atoms. The van der Waals surface area contributed by atoms with Crippen molar-refractivity contribution in [2.75, 3.05) is 26.3 Å². The SMILES string of the molecule is O=C(OCCNCCO)c1ccccc1. The van der Waals surface area contributed by atoms with Gasteiger partial charge >= 0.3 is 5.97 Å². The van der Waals surface area contributed by atoms with E-state index >= 15 is 0 Å². The molecule has 0 fully saturated rings. The quantitative estimate of drug-likeness (QED) is 0.527. The van der Waals surface area contributed by atoms with E-state index in [2.05, 4.69) is 5.32 Å². The van der Waals surface area contributed by atoms with Crippen LogP contribution in [0.15, 0.2) is 30.3 Å². The molecule has 0 saturated carbocycles. The first-order valence-electron chi connectivity index (χ1n) is 4.88. The topological polar surface area (TPSA) is 58.6 Å². The van der Waals surface area contributed by atoms with Crippen LogP contribution >= 0.6 is 0 Å². The van der Waals surface area contributed by atoms with Gasteiger partial charge in [0.15, 0.2) is 0 Å². The molecule has 0 unspecified atom stereocenters. The number of rotatable bonds is 6.